The van der Waals surface area contributed by atoms with E-state index in [1.165, 1.54) is 31.4 Å². The van der Waals surface area contributed by atoms with Gasteiger partial charge in [0.15, 0.2) is 6.61 Å². The quantitative estimate of drug-likeness (QED) is 0.627. The van der Waals surface area contributed by atoms with E-state index in [0.717, 1.165) is 38.5 Å². The van der Waals surface area contributed by atoms with Crippen molar-refractivity contribution in [1.29, 1.82) is 0 Å². The summed E-state index contributed by atoms with van der Waals surface area (Å²) in [6, 6.07) is 6.39. The maximum absolute atomic E-state index is 12.1. The summed E-state index contributed by atoms with van der Waals surface area (Å²) in [7, 11) is -3.49. The largest absolute Gasteiger partial charge is 0.484 e. The Balaban J connectivity index is 1.79. The van der Waals surface area contributed by atoms with E-state index in [9.17, 15) is 13.2 Å². The lowest BCUT2D eigenvalue weighted by atomic mass is 9.97. The predicted molar refractivity (Wildman–Crippen MR) is 106 cm³/mol. The molecule has 1 fully saturated rings. The lowest BCUT2D eigenvalue weighted by molar-refractivity contribution is -0.123. The highest BCUT2D eigenvalue weighted by Crippen LogP contribution is 2.18. The first-order chi connectivity index (χ1) is 13.0. The number of unbranched alkanes of at least 4 members (excludes halogenated alkanes) is 1. The molecule has 152 valence electrons. The molecule has 1 saturated carbocycles. The van der Waals surface area contributed by atoms with Crippen LogP contribution in [-0.4, -0.2) is 33.5 Å². The van der Waals surface area contributed by atoms with E-state index in [1.54, 1.807) is 12.1 Å². The van der Waals surface area contributed by atoms with Crippen molar-refractivity contribution in [3.05, 3.63) is 24.3 Å². The predicted octanol–water partition coefficient (Wildman–Crippen LogP) is 3.37. The van der Waals surface area contributed by atoms with E-state index in [-0.39, 0.29) is 23.5 Å². The Bertz CT molecular complexity index is 666. The molecule has 6 nitrogen and oxygen atoms in total. The molecule has 0 saturated heterocycles. The van der Waals surface area contributed by atoms with Gasteiger partial charge in [-0.3, -0.25) is 4.79 Å². The topological polar surface area (TPSA) is 84.5 Å². The zero-order chi connectivity index (χ0) is 19.5. The fourth-order valence-electron chi connectivity index (χ4n) is 3.20. The molecule has 1 aliphatic carbocycles. The lowest BCUT2D eigenvalue weighted by Gasteiger charge is -2.21. The highest BCUT2D eigenvalue weighted by atomic mass is 32.2. The monoisotopic (exact) mass is 396 g/mol. The average Bonchev–Trinajstić information content (AvgIpc) is 2.62. The second-order valence-electron chi connectivity index (χ2n) is 7.12. The average molecular weight is 397 g/mol. The zero-order valence-corrected chi connectivity index (χ0v) is 17.0. The molecule has 1 aromatic carbocycles. The highest BCUT2D eigenvalue weighted by molar-refractivity contribution is 7.89. The molecular weight excluding hydrogens is 364 g/mol. The highest BCUT2D eigenvalue weighted by Gasteiger charge is 2.15. The minimum atomic E-state index is -3.49. The van der Waals surface area contributed by atoms with E-state index in [1.807, 2.05) is 6.92 Å². The van der Waals surface area contributed by atoms with E-state index < -0.39 is 10.0 Å². The van der Waals surface area contributed by atoms with Crippen LogP contribution < -0.4 is 14.8 Å². The molecule has 0 spiro atoms. The second kappa shape index (κ2) is 11.3. The molecule has 27 heavy (non-hydrogen) atoms. The number of sulfonamides is 1. The second-order valence-corrected chi connectivity index (χ2v) is 8.89. The first-order valence-electron chi connectivity index (χ1n) is 10.0. The summed E-state index contributed by atoms with van der Waals surface area (Å²) in [5, 5.41) is 3.05. The van der Waals surface area contributed by atoms with Gasteiger partial charge < -0.3 is 10.1 Å². The van der Waals surface area contributed by atoms with Crippen LogP contribution in [0.25, 0.3) is 0 Å². The zero-order valence-electron chi connectivity index (χ0n) is 16.2. The summed E-state index contributed by atoms with van der Waals surface area (Å²) in [4.78, 5) is 12.3. The molecular formula is C20H32N2O4S. The summed E-state index contributed by atoms with van der Waals surface area (Å²) in [6.07, 6.45) is 9.89. The number of hydrogen-bond donors (Lipinski definition) is 2. The lowest BCUT2D eigenvalue weighted by Crippen LogP contribution is -2.38. The van der Waals surface area contributed by atoms with E-state index >= 15 is 0 Å². The number of ether oxygens (including phenoxy) is 1. The minimum absolute atomic E-state index is 0.0582. The van der Waals surface area contributed by atoms with Crippen LogP contribution in [-0.2, 0) is 14.8 Å². The fraction of sp³-hybridized carbons (Fsp3) is 0.650. The molecule has 0 bridgehead atoms. The van der Waals surface area contributed by atoms with Crippen molar-refractivity contribution in [1.82, 2.24) is 10.0 Å². The van der Waals surface area contributed by atoms with Gasteiger partial charge in [-0.1, -0.05) is 45.4 Å². The van der Waals surface area contributed by atoms with Crippen molar-refractivity contribution in [2.45, 2.75) is 75.6 Å². The van der Waals surface area contributed by atoms with Crippen molar-refractivity contribution in [2.24, 2.45) is 0 Å². The van der Waals surface area contributed by atoms with Crippen molar-refractivity contribution < 1.29 is 17.9 Å². The summed E-state index contributed by atoms with van der Waals surface area (Å²) in [6.45, 7) is 2.38. The molecule has 0 aliphatic heterocycles. The van der Waals surface area contributed by atoms with Crippen molar-refractivity contribution in [3.8, 4) is 5.75 Å². The molecule has 2 N–H and O–H groups in total. The van der Waals surface area contributed by atoms with Crippen LogP contribution in [0.2, 0.25) is 0 Å². The van der Waals surface area contributed by atoms with E-state index in [4.69, 9.17) is 4.74 Å². The van der Waals surface area contributed by atoms with Gasteiger partial charge in [-0.05, 0) is 43.5 Å². The number of amides is 1. The standard InChI is InChI=1S/C20H32N2O4S/c1-2-3-15-21-27(24,25)19-13-11-18(12-14-19)26-16-20(23)22-17-9-7-5-4-6-8-10-17/h11-14,17,21H,2-10,15-16H2,1H3,(H,22,23). The Morgan fingerprint density at radius 1 is 1.07 bits per heavy atom. The Kier molecular flexibility index (Phi) is 9.07. The van der Waals surface area contributed by atoms with Gasteiger partial charge >= 0.3 is 0 Å². The smallest absolute Gasteiger partial charge is 0.258 e. The van der Waals surface area contributed by atoms with E-state index in [2.05, 4.69) is 10.0 Å². The molecule has 7 heteroatoms. The summed E-state index contributed by atoms with van der Waals surface area (Å²) >= 11 is 0. The van der Waals surface area contributed by atoms with Crippen LogP contribution in [0.15, 0.2) is 29.2 Å². The van der Waals surface area contributed by atoms with Crippen molar-refractivity contribution >= 4 is 15.9 Å². The molecule has 1 aliphatic rings. The summed E-state index contributed by atoms with van der Waals surface area (Å²) in [5.74, 6) is 0.355. The minimum Gasteiger partial charge on any atom is -0.484 e. The van der Waals surface area contributed by atoms with E-state index in [0.29, 0.717) is 12.3 Å². The fourth-order valence-corrected chi connectivity index (χ4v) is 4.27. The van der Waals surface area contributed by atoms with Gasteiger partial charge in [0.05, 0.1) is 4.90 Å². The molecule has 0 unspecified atom stereocenters. The molecule has 0 heterocycles. The van der Waals surface area contributed by atoms with Crippen LogP contribution in [0.3, 0.4) is 0 Å². The number of benzene rings is 1. The third-order valence-electron chi connectivity index (χ3n) is 4.80. The molecule has 1 aromatic rings. The Labute approximate surface area is 163 Å². The number of hydrogen-bond acceptors (Lipinski definition) is 4. The molecule has 1 amide bonds. The van der Waals surface area contributed by atoms with Gasteiger partial charge in [0.2, 0.25) is 10.0 Å². The Hall–Kier alpha value is -1.60. The van der Waals surface area contributed by atoms with Crippen LogP contribution in [0, 0.1) is 0 Å². The molecule has 0 atom stereocenters. The molecule has 2 rings (SSSR count). The maximum atomic E-state index is 12.1. The summed E-state index contributed by atoms with van der Waals surface area (Å²) in [5.41, 5.74) is 0. The van der Waals surface area contributed by atoms with Crippen molar-refractivity contribution in [2.75, 3.05) is 13.2 Å². The number of rotatable bonds is 9. The van der Waals surface area contributed by atoms with Gasteiger partial charge in [0, 0.05) is 12.6 Å². The van der Waals surface area contributed by atoms with Gasteiger partial charge in [-0.25, -0.2) is 13.1 Å². The maximum Gasteiger partial charge on any atom is 0.258 e. The number of carbonyl (C=O) groups is 1. The van der Waals surface area contributed by atoms with Gasteiger partial charge in [-0.2, -0.15) is 0 Å². The Morgan fingerprint density at radius 2 is 1.70 bits per heavy atom. The van der Waals surface area contributed by atoms with Crippen LogP contribution in [0.1, 0.15) is 64.7 Å². The van der Waals surface area contributed by atoms with Crippen LogP contribution >= 0.6 is 0 Å². The Morgan fingerprint density at radius 3 is 2.33 bits per heavy atom. The SMILES string of the molecule is CCCCNS(=O)(=O)c1ccc(OCC(=O)NC2CCCCCCC2)cc1. The van der Waals surface area contributed by atoms with Crippen LogP contribution in [0.5, 0.6) is 5.75 Å². The van der Waals surface area contributed by atoms with Gasteiger partial charge in [0.25, 0.3) is 5.91 Å². The molecule has 0 aromatic heterocycles. The number of nitrogens with one attached hydrogen (secondary N) is 2. The summed E-state index contributed by atoms with van der Waals surface area (Å²) < 4.78 is 32.4. The van der Waals surface area contributed by atoms with Crippen LogP contribution in [0.4, 0.5) is 0 Å². The van der Waals surface area contributed by atoms with Crippen molar-refractivity contribution in [3.63, 3.8) is 0 Å². The molecule has 0 radical (unpaired) electrons. The normalized spacial score (nSPS) is 16.3. The first kappa shape index (κ1) is 21.7. The van der Waals surface area contributed by atoms with Gasteiger partial charge in [-0.15, -0.1) is 0 Å². The number of carbonyl (C=O) groups excluding carboxylic acids is 1. The third-order valence-corrected chi connectivity index (χ3v) is 6.27. The first-order valence-corrected chi connectivity index (χ1v) is 11.5. The van der Waals surface area contributed by atoms with Gasteiger partial charge in [0.1, 0.15) is 5.75 Å². The third kappa shape index (κ3) is 7.89.